The fourth-order valence-corrected chi connectivity index (χ4v) is 4.44. The van der Waals surface area contributed by atoms with E-state index in [1.54, 1.807) is 12.1 Å². The molecule has 4 aromatic rings. The van der Waals surface area contributed by atoms with Crippen molar-refractivity contribution in [1.82, 2.24) is 14.9 Å². The molecule has 0 unspecified atom stereocenters. The number of ether oxygens (including phenoxy) is 4. The normalized spacial score (nSPS) is 10.8. The van der Waals surface area contributed by atoms with Crippen molar-refractivity contribution in [3.05, 3.63) is 77.6 Å². The molecular formula is C30H35N3O5. The van der Waals surface area contributed by atoms with Gasteiger partial charge in [0.1, 0.15) is 11.6 Å². The van der Waals surface area contributed by atoms with E-state index >= 15 is 0 Å². The lowest BCUT2D eigenvalue weighted by atomic mass is 10.1. The highest BCUT2D eigenvalue weighted by molar-refractivity contribution is 5.95. The Morgan fingerprint density at radius 2 is 1.61 bits per heavy atom. The first kappa shape index (κ1) is 26.9. The van der Waals surface area contributed by atoms with E-state index in [0.29, 0.717) is 42.4 Å². The number of benzene rings is 3. The molecule has 0 bridgehead atoms. The molecule has 200 valence electrons. The highest BCUT2D eigenvalue weighted by Gasteiger charge is 2.17. The van der Waals surface area contributed by atoms with Gasteiger partial charge < -0.3 is 28.8 Å². The molecule has 0 spiro atoms. The van der Waals surface area contributed by atoms with Crippen LogP contribution in [0, 0.1) is 6.92 Å². The zero-order valence-corrected chi connectivity index (χ0v) is 22.5. The molecule has 8 heteroatoms. The van der Waals surface area contributed by atoms with Crippen LogP contribution in [0.5, 0.6) is 23.0 Å². The molecule has 0 aliphatic heterocycles. The van der Waals surface area contributed by atoms with E-state index in [1.165, 1.54) is 21.3 Å². The second kappa shape index (κ2) is 12.9. The molecule has 0 saturated carbocycles. The van der Waals surface area contributed by atoms with E-state index in [4.69, 9.17) is 23.9 Å². The van der Waals surface area contributed by atoms with Crippen LogP contribution in [-0.2, 0) is 13.0 Å². The third kappa shape index (κ3) is 6.19. The Morgan fingerprint density at radius 1 is 0.895 bits per heavy atom. The van der Waals surface area contributed by atoms with Gasteiger partial charge in [-0.3, -0.25) is 4.79 Å². The predicted octanol–water partition coefficient (Wildman–Crippen LogP) is 5.20. The van der Waals surface area contributed by atoms with E-state index in [-0.39, 0.29) is 5.91 Å². The summed E-state index contributed by atoms with van der Waals surface area (Å²) < 4.78 is 24.3. The molecule has 1 aromatic heterocycles. The molecule has 0 radical (unpaired) electrons. The number of nitrogens with zero attached hydrogens (tertiary/aromatic N) is 2. The van der Waals surface area contributed by atoms with Crippen LogP contribution in [0.1, 0.15) is 34.6 Å². The van der Waals surface area contributed by atoms with Crippen molar-refractivity contribution < 1.29 is 23.7 Å². The molecular weight excluding hydrogens is 482 g/mol. The number of rotatable bonds is 13. The summed E-state index contributed by atoms with van der Waals surface area (Å²) in [5, 5.41) is 2.99. The quantitative estimate of drug-likeness (QED) is 0.245. The van der Waals surface area contributed by atoms with Crippen molar-refractivity contribution in [2.24, 2.45) is 0 Å². The SMILES string of the molecule is COc1cc(C(=O)NCCc2nc3ccccc3n2CCCCOc2ccccc2C)cc(OC)c1OC. The summed E-state index contributed by atoms with van der Waals surface area (Å²) >= 11 is 0. The maximum Gasteiger partial charge on any atom is 0.251 e. The van der Waals surface area contributed by atoms with Gasteiger partial charge in [0.05, 0.1) is 39.0 Å². The number of fused-ring (bicyclic) bond motifs is 1. The van der Waals surface area contributed by atoms with Crippen LogP contribution in [0.3, 0.4) is 0 Å². The molecule has 1 N–H and O–H groups in total. The van der Waals surface area contributed by atoms with Crippen LogP contribution >= 0.6 is 0 Å². The van der Waals surface area contributed by atoms with Crippen LogP contribution in [0.25, 0.3) is 11.0 Å². The van der Waals surface area contributed by atoms with Gasteiger partial charge in [-0.05, 0) is 55.7 Å². The maximum atomic E-state index is 12.9. The van der Waals surface area contributed by atoms with Gasteiger partial charge in [-0.15, -0.1) is 0 Å². The third-order valence-corrected chi connectivity index (χ3v) is 6.42. The summed E-state index contributed by atoms with van der Waals surface area (Å²) in [5.74, 6) is 2.97. The maximum absolute atomic E-state index is 12.9. The Kier molecular flexibility index (Phi) is 9.08. The molecule has 0 aliphatic rings. The van der Waals surface area contributed by atoms with E-state index in [9.17, 15) is 4.79 Å². The van der Waals surface area contributed by atoms with Crippen molar-refractivity contribution in [3.8, 4) is 23.0 Å². The van der Waals surface area contributed by atoms with Crippen LogP contribution in [0.15, 0.2) is 60.7 Å². The Balaban J connectivity index is 1.37. The molecule has 3 aromatic carbocycles. The molecule has 1 amide bonds. The Hall–Kier alpha value is -4.20. The number of amides is 1. The smallest absolute Gasteiger partial charge is 0.251 e. The molecule has 8 nitrogen and oxygen atoms in total. The third-order valence-electron chi connectivity index (χ3n) is 6.42. The summed E-state index contributed by atoms with van der Waals surface area (Å²) in [6, 6.07) is 19.5. The highest BCUT2D eigenvalue weighted by Crippen LogP contribution is 2.38. The highest BCUT2D eigenvalue weighted by atomic mass is 16.5. The summed E-state index contributed by atoms with van der Waals surface area (Å²) in [4.78, 5) is 17.8. The largest absolute Gasteiger partial charge is 0.493 e. The summed E-state index contributed by atoms with van der Waals surface area (Å²) in [7, 11) is 4.58. The molecule has 4 rings (SSSR count). The van der Waals surface area contributed by atoms with Crippen LogP contribution in [0.4, 0.5) is 0 Å². The first-order valence-electron chi connectivity index (χ1n) is 12.8. The molecule has 0 aliphatic carbocycles. The molecule has 1 heterocycles. The minimum Gasteiger partial charge on any atom is -0.493 e. The fourth-order valence-electron chi connectivity index (χ4n) is 4.44. The zero-order chi connectivity index (χ0) is 26.9. The lowest BCUT2D eigenvalue weighted by Crippen LogP contribution is -2.26. The Bertz CT molecular complexity index is 1360. The molecule has 0 saturated heterocycles. The van der Waals surface area contributed by atoms with Gasteiger partial charge in [0.2, 0.25) is 5.75 Å². The minimum absolute atomic E-state index is 0.222. The summed E-state index contributed by atoms with van der Waals surface area (Å²) in [6.07, 6.45) is 2.49. The lowest BCUT2D eigenvalue weighted by molar-refractivity contribution is 0.0953. The monoisotopic (exact) mass is 517 g/mol. The van der Waals surface area contributed by atoms with Gasteiger partial charge >= 0.3 is 0 Å². The van der Waals surface area contributed by atoms with E-state index in [2.05, 4.69) is 28.9 Å². The first-order valence-corrected chi connectivity index (χ1v) is 12.8. The summed E-state index contributed by atoms with van der Waals surface area (Å²) in [6.45, 7) is 3.99. The number of hydrogen-bond acceptors (Lipinski definition) is 6. The van der Waals surface area contributed by atoms with Gasteiger partial charge in [-0.25, -0.2) is 4.98 Å². The zero-order valence-electron chi connectivity index (χ0n) is 22.5. The molecule has 0 atom stereocenters. The van der Waals surface area contributed by atoms with Crippen LogP contribution in [0.2, 0.25) is 0 Å². The number of imidazole rings is 1. The lowest BCUT2D eigenvalue weighted by Gasteiger charge is -2.14. The van der Waals surface area contributed by atoms with E-state index < -0.39 is 0 Å². The van der Waals surface area contributed by atoms with E-state index in [0.717, 1.165) is 47.6 Å². The first-order chi connectivity index (χ1) is 18.5. The number of para-hydroxylation sites is 3. The number of unbranched alkanes of at least 4 members (excludes halogenated alkanes) is 1. The van der Waals surface area contributed by atoms with Gasteiger partial charge in [-0.2, -0.15) is 0 Å². The van der Waals surface area contributed by atoms with Crippen molar-refractivity contribution in [2.45, 2.75) is 32.7 Å². The number of methoxy groups -OCH3 is 3. The van der Waals surface area contributed by atoms with Crippen LogP contribution in [-0.4, -0.2) is 49.9 Å². The second-order valence-corrected chi connectivity index (χ2v) is 8.91. The number of aromatic nitrogens is 2. The number of aryl methyl sites for hydroxylation is 2. The topological polar surface area (TPSA) is 83.8 Å². The van der Waals surface area contributed by atoms with Crippen molar-refractivity contribution in [1.29, 1.82) is 0 Å². The van der Waals surface area contributed by atoms with Crippen molar-refractivity contribution in [3.63, 3.8) is 0 Å². The number of carbonyl (C=O) groups is 1. The van der Waals surface area contributed by atoms with Crippen LogP contribution < -0.4 is 24.3 Å². The summed E-state index contributed by atoms with van der Waals surface area (Å²) in [5.41, 5.74) is 3.62. The standard InChI is InChI=1S/C30H35N3O5/c1-21-11-5-8-14-25(21)38-18-10-9-17-33-24-13-7-6-12-23(24)32-28(33)15-16-31-30(34)22-19-26(35-2)29(37-4)27(20-22)36-3/h5-8,11-14,19-20H,9-10,15-18H2,1-4H3,(H,31,34). The predicted molar refractivity (Wildman–Crippen MR) is 148 cm³/mol. The number of nitrogens with one attached hydrogen (secondary N) is 1. The molecule has 0 fully saturated rings. The van der Waals surface area contributed by atoms with Gasteiger partial charge in [0.25, 0.3) is 5.91 Å². The number of hydrogen-bond donors (Lipinski definition) is 1. The Labute approximate surface area is 223 Å². The van der Waals surface area contributed by atoms with Gasteiger partial charge in [0.15, 0.2) is 11.5 Å². The van der Waals surface area contributed by atoms with Crippen molar-refractivity contribution in [2.75, 3.05) is 34.5 Å². The Morgan fingerprint density at radius 3 is 2.32 bits per heavy atom. The van der Waals surface area contributed by atoms with Crippen molar-refractivity contribution >= 4 is 16.9 Å². The second-order valence-electron chi connectivity index (χ2n) is 8.91. The molecule has 38 heavy (non-hydrogen) atoms. The van der Waals surface area contributed by atoms with Gasteiger partial charge in [-0.1, -0.05) is 30.3 Å². The number of carbonyl (C=O) groups excluding carboxylic acids is 1. The average molecular weight is 518 g/mol. The average Bonchev–Trinajstić information content (AvgIpc) is 3.29. The van der Waals surface area contributed by atoms with Gasteiger partial charge in [0, 0.05) is 25.1 Å². The fraction of sp³-hybridized carbons (Fsp3) is 0.333. The minimum atomic E-state index is -0.222. The van der Waals surface area contributed by atoms with E-state index in [1.807, 2.05) is 36.4 Å².